The van der Waals surface area contributed by atoms with Crippen molar-refractivity contribution in [2.75, 3.05) is 18.0 Å². The van der Waals surface area contributed by atoms with Gasteiger partial charge in [-0.1, -0.05) is 37.3 Å². The molecule has 0 bridgehead atoms. The second-order valence-electron chi connectivity index (χ2n) is 7.59. The molecule has 4 rings (SSSR count). The molecule has 1 aliphatic heterocycles. The fraction of sp³-hybridized carbons (Fsp3) is 0.400. The summed E-state index contributed by atoms with van der Waals surface area (Å²) < 4.78 is 3.73. The van der Waals surface area contributed by atoms with E-state index in [1.165, 1.54) is 17.2 Å². The Morgan fingerprint density at radius 2 is 1.93 bits per heavy atom. The van der Waals surface area contributed by atoms with E-state index in [9.17, 15) is 19.5 Å². The highest BCUT2D eigenvalue weighted by Crippen LogP contribution is 2.26. The molecule has 0 fully saturated rings. The van der Waals surface area contributed by atoms with Crippen LogP contribution in [0.2, 0.25) is 0 Å². The summed E-state index contributed by atoms with van der Waals surface area (Å²) in [5.74, 6) is -0.589. The number of carboxylic acids is 1. The third-order valence-corrected chi connectivity index (χ3v) is 5.32. The summed E-state index contributed by atoms with van der Waals surface area (Å²) in [6, 6.07) is 10.1. The first kappa shape index (κ1) is 19.0. The Labute approximate surface area is 166 Å². The van der Waals surface area contributed by atoms with E-state index in [-0.39, 0.29) is 17.1 Å². The standard InChI is InChI=1S/C20H23N5O4/c1-13-10-23(9-8-14-6-4-3-5-7-14)19-21-17-16(24(19)11-13)18(28)25(12-15(26)27)20(29)22(17)2/h3-7,13H,8-12H2,1-2H3,(H,26,27)/p-1/t13-/m0/s1. The van der Waals surface area contributed by atoms with E-state index < -0.39 is 23.8 Å². The lowest BCUT2D eigenvalue weighted by Gasteiger charge is -2.33. The quantitative estimate of drug-likeness (QED) is 0.567. The molecule has 0 radical (unpaired) electrons. The van der Waals surface area contributed by atoms with Gasteiger partial charge in [0.2, 0.25) is 5.95 Å². The molecule has 2 aromatic heterocycles. The van der Waals surface area contributed by atoms with Crippen LogP contribution in [0, 0.1) is 5.92 Å². The molecule has 0 N–H and O–H groups in total. The predicted octanol–water partition coefficient (Wildman–Crippen LogP) is -0.655. The van der Waals surface area contributed by atoms with Crippen LogP contribution in [0.5, 0.6) is 0 Å². The number of aryl methyl sites for hydroxylation is 1. The number of carbonyl (C=O) groups excluding carboxylic acids is 1. The van der Waals surface area contributed by atoms with Gasteiger partial charge in [0.05, 0.1) is 12.5 Å². The number of anilines is 1. The summed E-state index contributed by atoms with van der Waals surface area (Å²) >= 11 is 0. The van der Waals surface area contributed by atoms with Crippen molar-refractivity contribution in [1.29, 1.82) is 0 Å². The van der Waals surface area contributed by atoms with Crippen molar-refractivity contribution in [3.05, 3.63) is 56.7 Å². The summed E-state index contributed by atoms with van der Waals surface area (Å²) in [7, 11) is 1.49. The first-order chi connectivity index (χ1) is 13.9. The highest BCUT2D eigenvalue weighted by Gasteiger charge is 2.28. The molecule has 0 saturated carbocycles. The fourth-order valence-corrected chi connectivity index (χ4v) is 3.97. The van der Waals surface area contributed by atoms with Gasteiger partial charge in [-0.2, -0.15) is 4.98 Å². The zero-order valence-corrected chi connectivity index (χ0v) is 16.4. The first-order valence-electron chi connectivity index (χ1n) is 9.55. The van der Waals surface area contributed by atoms with E-state index in [4.69, 9.17) is 0 Å². The van der Waals surface area contributed by atoms with E-state index in [1.807, 2.05) is 22.8 Å². The van der Waals surface area contributed by atoms with Crippen molar-refractivity contribution in [3.8, 4) is 0 Å². The van der Waals surface area contributed by atoms with E-state index in [1.54, 1.807) is 0 Å². The predicted molar refractivity (Wildman–Crippen MR) is 106 cm³/mol. The van der Waals surface area contributed by atoms with E-state index >= 15 is 0 Å². The van der Waals surface area contributed by atoms with Crippen LogP contribution < -0.4 is 21.3 Å². The van der Waals surface area contributed by atoms with Gasteiger partial charge >= 0.3 is 5.69 Å². The van der Waals surface area contributed by atoms with Crippen LogP contribution in [-0.2, 0) is 31.4 Å². The van der Waals surface area contributed by atoms with Gasteiger partial charge in [-0.25, -0.2) is 4.79 Å². The van der Waals surface area contributed by atoms with Gasteiger partial charge in [0.25, 0.3) is 5.56 Å². The van der Waals surface area contributed by atoms with Crippen molar-refractivity contribution < 1.29 is 9.90 Å². The molecule has 3 aromatic rings. The van der Waals surface area contributed by atoms with Crippen LogP contribution in [0.1, 0.15) is 12.5 Å². The largest absolute Gasteiger partial charge is 0.548 e. The number of hydrogen-bond acceptors (Lipinski definition) is 6. The number of fused-ring (bicyclic) bond motifs is 3. The Morgan fingerprint density at radius 1 is 1.21 bits per heavy atom. The molecular weight excluding hydrogens is 374 g/mol. The Balaban J connectivity index is 1.81. The molecule has 9 heteroatoms. The van der Waals surface area contributed by atoms with Gasteiger partial charge in [0.1, 0.15) is 0 Å². The molecule has 3 heterocycles. The average molecular weight is 396 g/mol. The lowest BCUT2D eigenvalue weighted by atomic mass is 10.1. The molecule has 0 amide bonds. The zero-order valence-electron chi connectivity index (χ0n) is 16.4. The van der Waals surface area contributed by atoms with E-state index in [0.717, 1.165) is 19.5 Å². The summed E-state index contributed by atoms with van der Waals surface area (Å²) in [5, 5.41) is 11.0. The van der Waals surface area contributed by atoms with E-state index in [0.29, 0.717) is 17.1 Å². The van der Waals surface area contributed by atoms with Crippen molar-refractivity contribution >= 4 is 23.1 Å². The summed E-state index contributed by atoms with van der Waals surface area (Å²) in [6.07, 6.45) is 0.824. The number of benzene rings is 1. The second kappa shape index (κ2) is 7.23. The van der Waals surface area contributed by atoms with Gasteiger partial charge in [0, 0.05) is 26.7 Å². The van der Waals surface area contributed by atoms with Crippen molar-refractivity contribution in [2.45, 2.75) is 26.4 Å². The molecule has 0 saturated heterocycles. The van der Waals surface area contributed by atoms with Crippen molar-refractivity contribution in [3.63, 3.8) is 0 Å². The number of carboxylic acid groups (broad SMARTS) is 1. The molecule has 0 spiro atoms. The monoisotopic (exact) mass is 396 g/mol. The smallest absolute Gasteiger partial charge is 0.332 e. The fourth-order valence-electron chi connectivity index (χ4n) is 3.97. The number of aliphatic carboxylic acids is 1. The Bertz CT molecular complexity index is 1190. The highest BCUT2D eigenvalue weighted by molar-refractivity contribution is 5.75. The maximum atomic E-state index is 12.9. The Kier molecular flexibility index (Phi) is 4.73. The third-order valence-electron chi connectivity index (χ3n) is 5.32. The number of carbonyl (C=O) groups is 1. The molecule has 0 aliphatic carbocycles. The van der Waals surface area contributed by atoms with Gasteiger partial charge in [0.15, 0.2) is 11.2 Å². The van der Waals surface area contributed by atoms with Crippen LogP contribution in [0.4, 0.5) is 5.95 Å². The maximum absolute atomic E-state index is 12.9. The molecule has 1 atom stereocenters. The molecule has 0 unspecified atom stereocenters. The molecular formula is C20H22N5O4-. The van der Waals surface area contributed by atoms with Crippen LogP contribution in [0.25, 0.3) is 11.2 Å². The van der Waals surface area contributed by atoms with Gasteiger partial charge < -0.3 is 19.4 Å². The summed E-state index contributed by atoms with van der Waals surface area (Å²) in [6.45, 7) is 3.39. The second-order valence-corrected chi connectivity index (χ2v) is 7.59. The zero-order chi connectivity index (χ0) is 20.7. The number of nitrogens with zero attached hydrogens (tertiary/aromatic N) is 5. The van der Waals surface area contributed by atoms with Crippen LogP contribution >= 0.6 is 0 Å². The topological polar surface area (TPSA) is 105 Å². The number of aromatic nitrogens is 4. The van der Waals surface area contributed by atoms with Gasteiger partial charge in [-0.3, -0.25) is 13.9 Å². The average Bonchev–Trinajstić information content (AvgIpc) is 3.08. The number of imidazole rings is 1. The minimum Gasteiger partial charge on any atom is -0.548 e. The van der Waals surface area contributed by atoms with E-state index in [2.05, 4.69) is 28.9 Å². The normalized spacial score (nSPS) is 16.2. The van der Waals surface area contributed by atoms with Crippen LogP contribution in [0.3, 0.4) is 0 Å². The van der Waals surface area contributed by atoms with Crippen molar-refractivity contribution in [1.82, 2.24) is 18.7 Å². The minimum atomic E-state index is -1.49. The molecule has 1 aromatic carbocycles. The van der Waals surface area contributed by atoms with Crippen LogP contribution in [-0.4, -0.2) is 37.7 Å². The van der Waals surface area contributed by atoms with Gasteiger partial charge in [-0.05, 0) is 17.9 Å². The number of rotatable bonds is 5. The highest BCUT2D eigenvalue weighted by atomic mass is 16.4. The maximum Gasteiger partial charge on any atom is 0.332 e. The summed E-state index contributed by atoms with van der Waals surface area (Å²) in [5.41, 5.74) is 0.356. The molecule has 29 heavy (non-hydrogen) atoms. The van der Waals surface area contributed by atoms with Crippen molar-refractivity contribution in [2.24, 2.45) is 13.0 Å². The third kappa shape index (κ3) is 3.32. The minimum absolute atomic E-state index is 0.250. The number of hydrogen-bond donors (Lipinski definition) is 0. The lowest BCUT2D eigenvalue weighted by Crippen LogP contribution is -2.44. The van der Waals surface area contributed by atoms with Gasteiger partial charge in [-0.15, -0.1) is 0 Å². The SMILES string of the molecule is C[C@H]1CN(CCc2ccccc2)c2nc3c(c(=O)n(CC(=O)[O-])c(=O)n3C)n2C1. The summed E-state index contributed by atoms with van der Waals surface area (Å²) in [4.78, 5) is 43.2. The Morgan fingerprint density at radius 3 is 2.62 bits per heavy atom. The Hall–Kier alpha value is -3.36. The first-order valence-corrected chi connectivity index (χ1v) is 9.55. The lowest BCUT2D eigenvalue weighted by molar-refractivity contribution is -0.306. The van der Waals surface area contributed by atoms with Crippen LogP contribution in [0.15, 0.2) is 39.9 Å². The molecule has 152 valence electrons. The molecule has 9 nitrogen and oxygen atoms in total. The molecule has 1 aliphatic rings.